The summed E-state index contributed by atoms with van der Waals surface area (Å²) in [6.45, 7) is 0. The summed E-state index contributed by atoms with van der Waals surface area (Å²) in [5.74, 6) is 0. The molecule has 54 heavy (non-hydrogen) atoms. The minimum absolute atomic E-state index is 1.10. The molecule has 0 bridgehead atoms. The molecule has 0 atom stereocenters. The van der Waals surface area contributed by atoms with Crippen molar-refractivity contribution in [2.45, 2.75) is 0 Å². The van der Waals surface area contributed by atoms with Gasteiger partial charge in [0.25, 0.3) is 0 Å². The number of nitrogens with zero attached hydrogens (tertiary/aromatic N) is 1. The van der Waals surface area contributed by atoms with Crippen molar-refractivity contribution >= 4 is 59.3 Å². The SMILES string of the molecule is c1ccc(-c2cccc(N(c3ccc(-c4cccc5c4sc4ccccc45)cc3)c3ccccc3-c3cccc(-c4cccc5ccccc45)c3)c2)cc1. The van der Waals surface area contributed by atoms with Crippen LogP contribution in [0.25, 0.3) is 75.5 Å². The minimum atomic E-state index is 1.10. The smallest absolute Gasteiger partial charge is 0.0540 e. The zero-order valence-electron chi connectivity index (χ0n) is 29.6. The van der Waals surface area contributed by atoms with Crippen LogP contribution in [0.3, 0.4) is 0 Å². The van der Waals surface area contributed by atoms with Crippen molar-refractivity contribution in [3.05, 3.63) is 212 Å². The van der Waals surface area contributed by atoms with Gasteiger partial charge in [0.15, 0.2) is 0 Å². The monoisotopic (exact) mass is 705 g/mol. The van der Waals surface area contributed by atoms with Crippen LogP contribution in [-0.4, -0.2) is 0 Å². The Labute approximate surface area is 319 Å². The number of thiophene rings is 1. The fourth-order valence-electron chi connectivity index (χ4n) is 7.89. The first-order valence-corrected chi connectivity index (χ1v) is 19.2. The second-order valence-electron chi connectivity index (χ2n) is 13.7. The maximum Gasteiger partial charge on any atom is 0.0540 e. The van der Waals surface area contributed by atoms with Crippen molar-refractivity contribution in [3.8, 4) is 44.5 Å². The summed E-state index contributed by atoms with van der Waals surface area (Å²) in [5.41, 5.74) is 13.0. The molecule has 2 heteroatoms. The molecular formula is C52H35NS. The first-order chi connectivity index (χ1) is 26.8. The van der Waals surface area contributed by atoms with Crippen molar-refractivity contribution in [1.82, 2.24) is 0 Å². The molecular weight excluding hydrogens is 671 g/mol. The largest absolute Gasteiger partial charge is 0.310 e. The maximum atomic E-state index is 2.41. The van der Waals surface area contributed by atoms with Crippen LogP contribution < -0.4 is 4.90 Å². The average molecular weight is 706 g/mol. The van der Waals surface area contributed by atoms with E-state index in [-0.39, 0.29) is 0 Å². The third-order valence-electron chi connectivity index (χ3n) is 10.5. The number of hydrogen-bond donors (Lipinski definition) is 0. The lowest BCUT2D eigenvalue weighted by atomic mass is 9.94. The maximum absolute atomic E-state index is 2.41. The number of anilines is 3. The van der Waals surface area contributed by atoms with E-state index in [9.17, 15) is 0 Å². The van der Waals surface area contributed by atoms with Gasteiger partial charge in [-0.15, -0.1) is 11.3 Å². The molecule has 0 unspecified atom stereocenters. The molecule has 10 rings (SSSR count). The number of benzene rings is 9. The molecule has 0 aliphatic rings. The topological polar surface area (TPSA) is 3.24 Å². The van der Waals surface area contributed by atoms with Crippen molar-refractivity contribution in [2.24, 2.45) is 0 Å². The van der Waals surface area contributed by atoms with E-state index in [0.717, 1.165) is 17.1 Å². The highest BCUT2D eigenvalue weighted by molar-refractivity contribution is 7.26. The summed E-state index contributed by atoms with van der Waals surface area (Å²) < 4.78 is 2.65. The predicted molar refractivity (Wildman–Crippen MR) is 233 cm³/mol. The first-order valence-electron chi connectivity index (χ1n) is 18.4. The van der Waals surface area contributed by atoms with Crippen LogP contribution in [-0.2, 0) is 0 Å². The van der Waals surface area contributed by atoms with E-state index in [1.54, 1.807) is 0 Å². The van der Waals surface area contributed by atoms with Gasteiger partial charge >= 0.3 is 0 Å². The van der Waals surface area contributed by atoms with E-state index in [0.29, 0.717) is 0 Å². The van der Waals surface area contributed by atoms with E-state index in [1.807, 2.05) is 11.3 Å². The molecule has 0 saturated carbocycles. The summed E-state index contributed by atoms with van der Waals surface area (Å²) in [4.78, 5) is 2.41. The molecule has 0 aliphatic heterocycles. The van der Waals surface area contributed by atoms with Crippen LogP contribution >= 0.6 is 11.3 Å². The third-order valence-corrected chi connectivity index (χ3v) is 11.7. The van der Waals surface area contributed by atoms with Gasteiger partial charge in [-0.1, -0.05) is 170 Å². The van der Waals surface area contributed by atoms with Gasteiger partial charge in [0.1, 0.15) is 0 Å². The molecule has 1 nitrogen and oxygen atoms in total. The number of rotatable bonds is 7. The molecule has 1 aromatic heterocycles. The summed E-state index contributed by atoms with van der Waals surface area (Å²) in [5, 5.41) is 5.14. The number of fused-ring (bicyclic) bond motifs is 4. The average Bonchev–Trinajstić information content (AvgIpc) is 3.64. The molecule has 1 heterocycles. The van der Waals surface area contributed by atoms with Gasteiger partial charge in [-0.2, -0.15) is 0 Å². The van der Waals surface area contributed by atoms with Gasteiger partial charge in [0.05, 0.1) is 5.69 Å². The molecule has 9 aromatic carbocycles. The zero-order valence-corrected chi connectivity index (χ0v) is 30.4. The molecule has 10 aromatic rings. The van der Waals surface area contributed by atoms with Crippen LogP contribution in [0.1, 0.15) is 0 Å². The standard InChI is InChI=1S/C52H35NS/c1-2-14-36(15-3-1)39-18-11-21-43(35-39)53(42-32-30-38(31-33-42)47-26-13-27-49-48-24-7-9-29-51(48)54-52(47)49)50-28-8-6-23-46(50)41-20-10-19-40(34-41)45-25-12-17-37-16-4-5-22-44(37)45/h1-35H. The Morgan fingerprint density at radius 1 is 0.315 bits per heavy atom. The highest BCUT2D eigenvalue weighted by Gasteiger charge is 2.19. The molecule has 254 valence electrons. The second-order valence-corrected chi connectivity index (χ2v) is 14.8. The van der Waals surface area contributed by atoms with Crippen molar-refractivity contribution < 1.29 is 0 Å². The Bertz CT molecular complexity index is 2930. The molecule has 0 amide bonds. The Balaban J connectivity index is 1.12. The van der Waals surface area contributed by atoms with Crippen LogP contribution in [0.5, 0.6) is 0 Å². The summed E-state index contributed by atoms with van der Waals surface area (Å²) in [7, 11) is 0. The third kappa shape index (κ3) is 5.74. The molecule has 0 spiro atoms. The van der Waals surface area contributed by atoms with Gasteiger partial charge in [0, 0.05) is 37.1 Å². The quantitative estimate of drug-likeness (QED) is 0.160. The molecule has 0 aliphatic carbocycles. The van der Waals surface area contributed by atoms with Crippen LogP contribution in [0.15, 0.2) is 212 Å². The van der Waals surface area contributed by atoms with E-state index >= 15 is 0 Å². The highest BCUT2D eigenvalue weighted by Crippen LogP contribution is 2.44. The van der Waals surface area contributed by atoms with Crippen LogP contribution in [0.4, 0.5) is 17.1 Å². The van der Waals surface area contributed by atoms with Gasteiger partial charge in [0.2, 0.25) is 0 Å². The highest BCUT2D eigenvalue weighted by atomic mass is 32.1. The summed E-state index contributed by atoms with van der Waals surface area (Å²) in [6.07, 6.45) is 0. The minimum Gasteiger partial charge on any atom is -0.310 e. The Morgan fingerprint density at radius 2 is 0.907 bits per heavy atom. The molecule has 0 radical (unpaired) electrons. The second kappa shape index (κ2) is 13.7. The lowest BCUT2D eigenvalue weighted by molar-refractivity contribution is 1.28. The Kier molecular flexibility index (Phi) is 8.09. The molecule has 0 N–H and O–H groups in total. The Hall–Kier alpha value is -6.74. The number of para-hydroxylation sites is 1. The van der Waals surface area contributed by atoms with Gasteiger partial charge in [-0.05, 0) is 92.2 Å². The molecule has 0 fully saturated rings. The normalized spacial score (nSPS) is 11.3. The van der Waals surface area contributed by atoms with E-state index in [4.69, 9.17) is 0 Å². The van der Waals surface area contributed by atoms with Crippen molar-refractivity contribution in [3.63, 3.8) is 0 Å². The molecule has 0 saturated heterocycles. The van der Waals surface area contributed by atoms with E-state index < -0.39 is 0 Å². The predicted octanol–water partition coefficient (Wildman–Crippen LogP) is 15.3. The lowest BCUT2D eigenvalue weighted by Gasteiger charge is -2.28. The van der Waals surface area contributed by atoms with E-state index in [1.165, 1.54) is 75.5 Å². The van der Waals surface area contributed by atoms with Crippen LogP contribution in [0, 0.1) is 0 Å². The summed E-state index contributed by atoms with van der Waals surface area (Å²) in [6, 6.07) is 77.1. The zero-order chi connectivity index (χ0) is 35.8. The Morgan fingerprint density at radius 3 is 1.80 bits per heavy atom. The van der Waals surface area contributed by atoms with Gasteiger partial charge in [-0.25, -0.2) is 0 Å². The van der Waals surface area contributed by atoms with Gasteiger partial charge in [-0.3, -0.25) is 0 Å². The van der Waals surface area contributed by atoms with Crippen LogP contribution in [0.2, 0.25) is 0 Å². The van der Waals surface area contributed by atoms with Crippen molar-refractivity contribution in [1.29, 1.82) is 0 Å². The van der Waals surface area contributed by atoms with Gasteiger partial charge < -0.3 is 4.90 Å². The van der Waals surface area contributed by atoms with Crippen molar-refractivity contribution in [2.75, 3.05) is 4.90 Å². The fraction of sp³-hybridized carbons (Fsp3) is 0. The number of hydrogen-bond acceptors (Lipinski definition) is 2. The first kappa shape index (κ1) is 32.0. The van der Waals surface area contributed by atoms with E-state index in [2.05, 4.69) is 217 Å². The summed E-state index contributed by atoms with van der Waals surface area (Å²) >= 11 is 1.88. The lowest BCUT2D eigenvalue weighted by Crippen LogP contribution is -2.11. The fourth-order valence-corrected chi connectivity index (χ4v) is 9.13.